The Morgan fingerprint density at radius 3 is 2.49 bits per heavy atom. The average molecular weight is 538 g/mol. The summed E-state index contributed by atoms with van der Waals surface area (Å²) in [6.45, 7) is 12.4. The smallest absolute Gasteiger partial charge is 0.407 e. The molecular formula is C30H43N5O4. The van der Waals surface area contributed by atoms with Crippen molar-refractivity contribution in [1.29, 1.82) is 5.41 Å². The molecule has 1 saturated heterocycles. The van der Waals surface area contributed by atoms with Gasteiger partial charge >= 0.3 is 6.09 Å². The van der Waals surface area contributed by atoms with Gasteiger partial charge in [0.25, 0.3) is 5.91 Å². The van der Waals surface area contributed by atoms with Gasteiger partial charge in [-0.2, -0.15) is 0 Å². The fourth-order valence-electron chi connectivity index (χ4n) is 4.62. The molecule has 9 nitrogen and oxygen atoms in total. The topological polar surface area (TPSA) is 124 Å². The zero-order chi connectivity index (χ0) is 29.0. The standard InChI is InChI=1S/C30H43N5O4/c1-7-8-10-14-22(4)30(20-21(2)3)27(37)35(28(31)34-30)18-13-15-23(5)32-26(36)25(33-29(38)39-6)19-24-16-11-9-12-17-24/h7-12,14,16-17,21,23,25H,4,13,15,18-20H2,1-3,5-6H3,(H2,31,34)(H,32,36)(H,33,38)/b8-7-,14-10-/t23-,25-,30+/m0/s1. The maximum absolute atomic E-state index is 13.6. The maximum Gasteiger partial charge on any atom is 0.407 e. The number of ether oxygens (including phenoxy) is 1. The van der Waals surface area contributed by atoms with Gasteiger partial charge in [-0.05, 0) is 50.2 Å². The van der Waals surface area contributed by atoms with E-state index in [1.807, 2.05) is 82.3 Å². The van der Waals surface area contributed by atoms with Crippen LogP contribution in [0.2, 0.25) is 0 Å². The molecule has 0 aliphatic carbocycles. The third-order valence-corrected chi connectivity index (χ3v) is 6.56. The van der Waals surface area contributed by atoms with Gasteiger partial charge in [0.2, 0.25) is 5.91 Å². The van der Waals surface area contributed by atoms with E-state index in [-0.39, 0.29) is 29.7 Å². The van der Waals surface area contributed by atoms with E-state index in [0.717, 1.165) is 5.56 Å². The van der Waals surface area contributed by atoms with Gasteiger partial charge in [-0.25, -0.2) is 4.79 Å². The first-order chi connectivity index (χ1) is 18.5. The molecule has 0 radical (unpaired) electrons. The SMILES string of the molecule is C=C(/C=C\C=C/C)[C@@]1(CC(C)C)NC(=N)N(CCC[C@H](C)NC(=O)[C@H](Cc2ccccc2)NC(=O)OC)C1=O. The predicted octanol–water partition coefficient (Wildman–Crippen LogP) is 4.08. The molecule has 1 aliphatic rings. The summed E-state index contributed by atoms with van der Waals surface area (Å²) in [5, 5.41) is 17.2. The molecule has 0 aromatic heterocycles. The summed E-state index contributed by atoms with van der Waals surface area (Å²) in [5.41, 5.74) is 0.481. The second-order valence-corrected chi connectivity index (χ2v) is 10.3. The molecule has 1 aliphatic heterocycles. The van der Waals surface area contributed by atoms with E-state index in [2.05, 4.69) is 22.5 Å². The van der Waals surface area contributed by atoms with E-state index in [0.29, 0.717) is 37.8 Å². The number of nitrogens with one attached hydrogen (secondary N) is 4. The molecule has 9 heteroatoms. The van der Waals surface area contributed by atoms with Crippen LogP contribution >= 0.6 is 0 Å². The molecule has 0 bridgehead atoms. The number of methoxy groups -OCH3 is 1. The quantitative estimate of drug-likeness (QED) is 0.266. The average Bonchev–Trinajstić information content (AvgIpc) is 3.13. The Balaban J connectivity index is 2.00. The molecule has 1 aromatic carbocycles. The van der Waals surface area contributed by atoms with Crippen molar-refractivity contribution in [3.05, 3.63) is 72.4 Å². The van der Waals surface area contributed by atoms with E-state index < -0.39 is 17.7 Å². The largest absolute Gasteiger partial charge is 0.453 e. The molecule has 1 heterocycles. The van der Waals surface area contributed by atoms with Crippen molar-refractivity contribution >= 4 is 23.9 Å². The van der Waals surface area contributed by atoms with Crippen LogP contribution in [0.3, 0.4) is 0 Å². The van der Waals surface area contributed by atoms with Crippen LogP contribution in [0.1, 0.15) is 52.5 Å². The van der Waals surface area contributed by atoms with Crippen molar-refractivity contribution in [2.45, 2.75) is 71.0 Å². The second-order valence-electron chi connectivity index (χ2n) is 10.3. The number of alkyl carbamates (subject to hydrolysis) is 1. The van der Waals surface area contributed by atoms with Gasteiger partial charge in [-0.15, -0.1) is 0 Å². The van der Waals surface area contributed by atoms with Crippen molar-refractivity contribution < 1.29 is 19.1 Å². The van der Waals surface area contributed by atoms with E-state index in [4.69, 9.17) is 10.1 Å². The van der Waals surface area contributed by atoms with Crippen molar-refractivity contribution in [1.82, 2.24) is 20.9 Å². The lowest BCUT2D eigenvalue weighted by molar-refractivity contribution is -0.130. The summed E-state index contributed by atoms with van der Waals surface area (Å²) in [7, 11) is 1.26. The lowest BCUT2D eigenvalue weighted by Gasteiger charge is -2.29. The van der Waals surface area contributed by atoms with Gasteiger partial charge in [0.05, 0.1) is 7.11 Å². The summed E-state index contributed by atoms with van der Waals surface area (Å²) < 4.78 is 4.69. The molecule has 212 valence electrons. The van der Waals surface area contributed by atoms with Crippen molar-refractivity contribution in [2.75, 3.05) is 13.7 Å². The van der Waals surface area contributed by atoms with Gasteiger partial charge in [0.1, 0.15) is 11.6 Å². The molecule has 3 atom stereocenters. The summed E-state index contributed by atoms with van der Waals surface area (Å²) >= 11 is 0. The molecule has 39 heavy (non-hydrogen) atoms. The fourth-order valence-corrected chi connectivity index (χ4v) is 4.62. The number of benzene rings is 1. The van der Waals surface area contributed by atoms with Gasteiger partial charge < -0.3 is 20.7 Å². The molecule has 0 spiro atoms. The van der Waals surface area contributed by atoms with Crippen molar-refractivity contribution in [2.24, 2.45) is 5.92 Å². The third kappa shape index (κ3) is 8.84. The van der Waals surface area contributed by atoms with E-state index in [9.17, 15) is 14.4 Å². The Labute approximate surface area is 232 Å². The van der Waals surface area contributed by atoms with Gasteiger partial charge in [0.15, 0.2) is 5.96 Å². The number of carbonyl (C=O) groups excluding carboxylic acids is 3. The monoisotopic (exact) mass is 537 g/mol. The Morgan fingerprint density at radius 1 is 1.18 bits per heavy atom. The third-order valence-electron chi connectivity index (χ3n) is 6.56. The Bertz CT molecular complexity index is 1080. The number of carbonyl (C=O) groups is 3. The summed E-state index contributed by atoms with van der Waals surface area (Å²) in [6, 6.07) is 8.42. The highest BCUT2D eigenvalue weighted by molar-refractivity contribution is 6.10. The summed E-state index contributed by atoms with van der Waals surface area (Å²) in [4.78, 5) is 39.9. The Kier molecular flexibility index (Phi) is 12.0. The summed E-state index contributed by atoms with van der Waals surface area (Å²) in [5.74, 6) is -0.233. The highest BCUT2D eigenvalue weighted by Gasteiger charge is 2.50. The fraction of sp³-hybridized carbons (Fsp3) is 0.467. The van der Waals surface area contributed by atoms with Crippen LogP contribution in [-0.4, -0.2) is 60.0 Å². The van der Waals surface area contributed by atoms with Crippen LogP contribution in [0.5, 0.6) is 0 Å². The van der Waals surface area contributed by atoms with Crippen molar-refractivity contribution in [3.63, 3.8) is 0 Å². The molecule has 1 aromatic rings. The van der Waals surface area contributed by atoms with Crippen LogP contribution in [0, 0.1) is 11.3 Å². The highest BCUT2D eigenvalue weighted by atomic mass is 16.5. The normalized spacial score (nSPS) is 18.9. The molecule has 3 amide bonds. The molecule has 0 saturated carbocycles. The minimum absolute atomic E-state index is 0.0584. The molecule has 2 rings (SSSR count). The molecule has 1 fully saturated rings. The predicted molar refractivity (Wildman–Crippen MR) is 154 cm³/mol. The van der Waals surface area contributed by atoms with Crippen LogP contribution in [0.4, 0.5) is 4.79 Å². The number of allylic oxidation sites excluding steroid dienone is 3. The molecule has 0 unspecified atom stereocenters. The molecule has 4 N–H and O–H groups in total. The lowest BCUT2D eigenvalue weighted by atomic mass is 9.82. The number of hydrogen-bond acceptors (Lipinski definition) is 5. The number of amides is 3. The molecular weight excluding hydrogens is 494 g/mol. The van der Waals surface area contributed by atoms with Crippen LogP contribution in [0.25, 0.3) is 0 Å². The van der Waals surface area contributed by atoms with Gasteiger partial charge in [0, 0.05) is 19.0 Å². The van der Waals surface area contributed by atoms with E-state index >= 15 is 0 Å². The number of nitrogens with zero attached hydrogens (tertiary/aromatic N) is 1. The summed E-state index contributed by atoms with van der Waals surface area (Å²) in [6.07, 6.45) is 8.75. The number of rotatable bonds is 14. The zero-order valence-corrected chi connectivity index (χ0v) is 23.8. The first-order valence-electron chi connectivity index (χ1n) is 13.4. The number of guanidine groups is 1. The van der Waals surface area contributed by atoms with Crippen LogP contribution in [-0.2, 0) is 20.7 Å². The van der Waals surface area contributed by atoms with Gasteiger partial charge in [-0.3, -0.25) is 19.9 Å². The lowest BCUT2D eigenvalue weighted by Crippen LogP contribution is -2.50. The number of hydrogen-bond donors (Lipinski definition) is 4. The Hall–Kier alpha value is -3.88. The van der Waals surface area contributed by atoms with Gasteiger partial charge in [-0.1, -0.05) is 75.1 Å². The minimum Gasteiger partial charge on any atom is -0.453 e. The van der Waals surface area contributed by atoms with Crippen molar-refractivity contribution in [3.8, 4) is 0 Å². The van der Waals surface area contributed by atoms with E-state index in [1.54, 1.807) is 0 Å². The second kappa shape index (κ2) is 14.9. The highest BCUT2D eigenvalue weighted by Crippen LogP contribution is 2.32. The maximum atomic E-state index is 13.6. The van der Waals surface area contributed by atoms with E-state index in [1.165, 1.54) is 12.0 Å². The minimum atomic E-state index is -1.05. The van der Waals surface area contributed by atoms with Crippen LogP contribution in [0.15, 0.2) is 66.8 Å². The Morgan fingerprint density at radius 2 is 1.87 bits per heavy atom. The first-order valence-corrected chi connectivity index (χ1v) is 13.4. The van der Waals surface area contributed by atoms with Crippen LogP contribution < -0.4 is 16.0 Å². The zero-order valence-electron chi connectivity index (χ0n) is 23.8. The first kappa shape index (κ1) is 31.3.